The van der Waals surface area contributed by atoms with Gasteiger partial charge in [0, 0.05) is 26.3 Å². The Morgan fingerprint density at radius 3 is 2.88 bits per heavy atom. The van der Waals surface area contributed by atoms with Crippen LogP contribution < -0.4 is 10.2 Å². The van der Waals surface area contributed by atoms with Crippen molar-refractivity contribution in [3.8, 4) is 6.07 Å². The highest BCUT2D eigenvalue weighted by atomic mass is 16.6. The summed E-state index contributed by atoms with van der Waals surface area (Å²) in [5, 5.41) is 23.0. The second kappa shape index (κ2) is 4.35. The number of hydrogen-bond acceptors (Lipinski definition) is 6. The topological polar surface area (TPSA) is 95.1 Å². The molecule has 88 valence electrons. The number of nitrogens with zero attached hydrogens (tertiary/aromatic N) is 4. The summed E-state index contributed by atoms with van der Waals surface area (Å²) in [6.45, 7) is 1.54. The van der Waals surface area contributed by atoms with Crippen LogP contribution in [0.15, 0.2) is 12.3 Å². The lowest BCUT2D eigenvalue weighted by molar-refractivity contribution is -0.384. The van der Waals surface area contributed by atoms with Crippen molar-refractivity contribution in [2.45, 2.75) is 6.04 Å². The quantitative estimate of drug-likeness (QED) is 0.594. The van der Waals surface area contributed by atoms with Gasteiger partial charge in [0.05, 0.1) is 11.0 Å². The Morgan fingerprint density at radius 2 is 2.41 bits per heavy atom. The van der Waals surface area contributed by atoms with E-state index < -0.39 is 4.92 Å². The van der Waals surface area contributed by atoms with Crippen LogP contribution >= 0.6 is 0 Å². The molecule has 0 atom stereocenters. The lowest BCUT2D eigenvalue weighted by Gasteiger charge is -2.35. The Morgan fingerprint density at radius 1 is 1.71 bits per heavy atom. The van der Waals surface area contributed by atoms with Gasteiger partial charge in [-0.3, -0.25) is 10.1 Å². The summed E-state index contributed by atoms with van der Waals surface area (Å²) in [4.78, 5) is 16.2. The summed E-state index contributed by atoms with van der Waals surface area (Å²) < 4.78 is 0. The molecule has 17 heavy (non-hydrogen) atoms. The molecule has 7 nitrogen and oxygen atoms in total. The molecule has 2 heterocycles. The van der Waals surface area contributed by atoms with Crippen LogP contribution in [0, 0.1) is 21.4 Å². The molecule has 0 aromatic carbocycles. The maximum Gasteiger partial charge on any atom is 0.329 e. The predicted molar refractivity (Wildman–Crippen MR) is 60.7 cm³/mol. The molecule has 1 aromatic rings. The second-order valence-corrected chi connectivity index (χ2v) is 3.82. The third-order valence-corrected chi connectivity index (χ3v) is 2.85. The van der Waals surface area contributed by atoms with Crippen LogP contribution in [0.4, 0.5) is 11.5 Å². The van der Waals surface area contributed by atoms with Crippen molar-refractivity contribution in [3.05, 3.63) is 27.9 Å². The first-order chi connectivity index (χ1) is 8.15. The number of nitro groups is 1. The van der Waals surface area contributed by atoms with Gasteiger partial charge in [0.25, 0.3) is 0 Å². The Bertz CT molecular complexity index is 492. The number of aromatic nitrogens is 1. The molecule has 1 saturated heterocycles. The Balaban J connectivity index is 2.45. The third-order valence-electron chi connectivity index (χ3n) is 2.85. The van der Waals surface area contributed by atoms with E-state index in [4.69, 9.17) is 5.26 Å². The minimum Gasteiger partial charge on any atom is -0.348 e. The van der Waals surface area contributed by atoms with Gasteiger partial charge < -0.3 is 10.2 Å². The van der Waals surface area contributed by atoms with E-state index in [0.717, 1.165) is 13.1 Å². The van der Waals surface area contributed by atoms with E-state index in [-0.39, 0.29) is 23.1 Å². The zero-order valence-corrected chi connectivity index (χ0v) is 9.25. The van der Waals surface area contributed by atoms with E-state index in [0.29, 0.717) is 0 Å². The zero-order chi connectivity index (χ0) is 12.4. The highest BCUT2D eigenvalue weighted by Gasteiger charge is 2.30. The Labute approximate surface area is 97.8 Å². The largest absolute Gasteiger partial charge is 0.348 e. The van der Waals surface area contributed by atoms with Crippen molar-refractivity contribution in [1.82, 2.24) is 10.3 Å². The van der Waals surface area contributed by atoms with Crippen LogP contribution in [0.25, 0.3) is 0 Å². The fraction of sp³-hybridized carbons (Fsp3) is 0.400. The third kappa shape index (κ3) is 1.90. The minimum atomic E-state index is -0.552. The molecule has 0 saturated carbocycles. The molecule has 1 N–H and O–H groups in total. The van der Waals surface area contributed by atoms with E-state index in [9.17, 15) is 10.1 Å². The molecule has 1 aliphatic heterocycles. The van der Waals surface area contributed by atoms with Crippen molar-refractivity contribution in [1.29, 1.82) is 5.26 Å². The average molecular weight is 233 g/mol. The first kappa shape index (κ1) is 11.3. The van der Waals surface area contributed by atoms with Crippen molar-refractivity contribution < 1.29 is 4.92 Å². The monoisotopic (exact) mass is 233 g/mol. The highest BCUT2D eigenvalue weighted by molar-refractivity contribution is 5.65. The van der Waals surface area contributed by atoms with Gasteiger partial charge in [0.1, 0.15) is 11.6 Å². The van der Waals surface area contributed by atoms with Gasteiger partial charge in [-0.25, -0.2) is 4.98 Å². The summed E-state index contributed by atoms with van der Waals surface area (Å²) >= 11 is 0. The van der Waals surface area contributed by atoms with Gasteiger partial charge >= 0.3 is 5.69 Å². The molecule has 0 bridgehead atoms. The second-order valence-electron chi connectivity index (χ2n) is 3.82. The van der Waals surface area contributed by atoms with Gasteiger partial charge in [-0.15, -0.1) is 0 Å². The molecule has 0 amide bonds. The molecule has 7 heteroatoms. The fourth-order valence-corrected chi connectivity index (χ4v) is 1.69. The van der Waals surface area contributed by atoms with Gasteiger partial charge in [-0.2, -0.15) is 5.26 Å². The summed E-state index contributed by atoms with van der Waals surface area (Å²) in [7, 11) is 1.75. The van der Waals surface area contributed by atoms with Crippen molar-refractivity contribution in [2.24, 2.45) is 0 Å². The number of nitriles is 1. The first-order valence-corrected chi connectivity index (χ1v) is 5.12. The van der Waals surface area contributed by atoms with Crippen LogP contribution in [0.5, 0.6) is 0 Å². The average Bonchev–Trinajstić information content (AvgIpc) is 2.25. The fourth-order valence-electron chi connectivity index (χ4n) is 1.69. The van der Waals surface area contributed by atoms with E-state index in [1.165, 1.54) is 12.3 Å². The number of anilines is 1. The number of nitrogens with one attached hydrogen (secondary N) is 1. The van der Waals surface area contributed by atoms with E-state index in [2.05, 4.69) is 10.3 Å². The van der Waals surface area contributed by atoms with Crippen LogP contribution in [-0.4, -0.2) is 36.1 Å². The van der Waals surface area contributed by atoms with Crippen LogP contribution in [0.1, 0.15) is 5.56 Å². The predicted octanol–water partition coefficient (Wildman–Crippen LogP) is 0.269. The standard InChI is InChI=1S/C10H11N5O2/c1-14(8-5-12-6-8)10-9(15(16)17)7(4-11)2-3-13-10/h2-3,8,12H,5-6H2,1H3. The van der Waals surface area contributed by atoms with Crippen LogP contribution in [-0.2, 0) is 0 Å². The molecule has 0 unspecified atom stereocenters. The number of rotatable bonds is 3. The maximum atomic E-state index is 11.0. The van der Waals surface area contributed by atoms with E-state index in [1.54, 1.807) is 11.9 Å². The van der Waals surface area contributed by atoms with Crippen LogP contribution in [0.3, 0.4) is 0 Å². The smallest absolute Gasteiger partial charge is 0.329 e. The SMILES string of the molecule is CN(c1nccc(C#N)c1[N+](=O)[O-])C1CNC1. The van der Waals surface area contributed by atoms with Crippen molar-refractivity contribution >= 4 is 11.5 Å². The Kier molecular flexibility index (Phi) is 2.89. The van der Waals surface area contributed by atoms with Gasteiger partial charge in [0.2, 0.25) is 5.82 Å². The number of likely N-dealkylation sites (N-methyl/N-ethyl adjacent to an activating group) is 1. The van der Waals surface area contributed by atoms with Gasteiger partial charge in [0.15, 0.2) is 0 Å². The summed E-state index contributed by atoms with van der Waals surface area (Å²) in [5.74, 6) is 0.251. The molecule has 1 aromatic heterocycles. The lowest BCUT2D eigenvalue weighted by Crippen LogP contribution is -2.56. The molecular weight excluding hydrogens is 222 g/mol. The first-order valence-electron chi connectivity index (χ1n) is 5.12. The normalized spacial score (nSPS) is 14.8. The van der Waals surface area contributed by atoms with Crippen LogP contribution in [0.2, 0.25) is 0 Å². The summed E-state index contributed by atoms with van der Waals surface area (Å²) in [6.07, 6.45) is 1.42. The maximum absolute atomic E-state index is 11.0. The molecule has 0 radical (unpaired) electrons. The molecule has 2 rings (SSSR count). The minimum absolute atomic E-state index is 0.0409. The van der Waals surface area contributed by atoms with E-state index >= 15 is 0 Å². The van der Waals surface area contributed by atoms with Gasteiger partial charge in [-0.1, -0.05) is 0 Å². The highest BCUT2D eigenvalue weighted by Crippen LogP contribution is 2.29. The van der Waals surface area contributed by atoms with Crippen molar-refractivity contribution in [3.63, 3.8) is 0 Å². The lowest BCUT2D eigenvalue weighted by atomic mass is 10.1. The van der Waals surface area contributed by atoms with Gasteiger partial charge in [-0.05, 0) is 6.07 Å². The zero-order valence-electron chi connectivity index (χ0n) is 9.25. The molecule has 1 fully saturated rings. The molecule has 1 aliphatic rings. The summed E-state index contributed by atoms with van der Waals surface area (Å²) in [6, 6.07) is 3.37. The molecular formula is C10H11N5O2. The Hall–Kier alpha value is -2.20. The van der Waals surface area contributed by atoms with Crippen molar-refractivity contribution in [2.75, 3.05) is 25.0 Å². The molecule has 0 aliphatic carbocycles. The summed E-state index contributed by atoms with van der Waals surface area (Å²) in [5.41, 5.74) is -0.177. The number of hydrogen-bond donors (Lipinski definition) is 1. The molecule has 0 spiro atoms. The number of pyridine rings is 1. The van der Waals surface area contributed by atoms with E-state index in [1.807, 2.05) is 6.07 Å².